The highest BCUT2D eigenvalue weighted by Gasteiger charge is 2.17. The predicted octanol–water partition coefficient (Wildman–Crippen LogP) is 3.59. The molecule has 1 heterocycles. The summed E-state index contributed by atoms with van der Waals surface area (Å²) in [5, 5.41) is 3.78. The van der Waals surface area contributed by atoms with Gasteiger partial charge >= 0.3 is 0 Å². The summed E-state index contributed by atoms with van der Waals surface area (Å²) in [6.07, 6.45) is 8.39. The fraction of sp³-hybridized carbons (Fsp3) is 0.714. The van der Waals surface area contributed by atoms with Gasteiger partial charge in [-0.1, -0.05) is 49.9 Å². The number of rotatable bonds is 7. The van der Waals surface area contributed by atoms with Crippen LogP contribution in [0.4, 0.5) is 4.39 Å². The van der Waals surface area contributed by atoms with E-state index in [1.807, 2.05) is 18.2 Å². The van der Waals surface area contributed by atoms with Crippen LogP contribution in [-0.2, 0) is 13.2 Å². The molecule has 3 rings (SSSR count). The second-order valence-electron chi connectivity index (χ2n) is 7.71. The summed E-state index contributed by atoms with van der Waals surface area (Å²) in [4.78, 5) is 5.07. The van der Waals surface area contributed by atoms with Gasteiger partial charge in [-0.05, 0) is 24.0 Å². The lowest BCUT2D eigenvalue weighted by Crippen LogP contribution is -2.48. The number of hydrogen-bond acceptors (Lipinski definition) is 3. The topological polar surface area (TPSA) is 18.5 Å². The average molecular weight is 348 g/mol. The Hall–Kier alpha value is -0.970. The zero-order chi connectivity index (χ0) is 17.3. The van der Waals surface area contributed by atoms with Gasteiger partial charge in [0.05, 0.1) is 0 Å². The van der Waals surface area contributed by atoms with Crippen LogP contribution in [0.25, 0.3) is 0 Å². The Kier molecular flexibility index (Phi) is 7.71. The first-order valence-electron chi connectivity index (χ1n) is 10.2. The van der Waals surface area contributed by atoms with Crippen LogP contribution in [0.3, 0.4) is 0 Å². The molecule has 0 amide bonds. The molecule has 1 aliphatic carbocycles. The van der Waals surface area contributed by atoms with E-state index >= 15 is 0 Å². The molecule has 2 aliphatic rings. The molecule has 1 aliphatic heterocycles. The van der Waals surface area contributed by atoms with Crippen molar-refractivity contribution >= 4 is 0 Å². The van der Waals surface area contributed by atoms with Crippen molar-refractivity contribution in [2.24, 2.45) is 0 Å². The molecular formula is C21H34FN3. The molecule has 140 valence electrons. The Bertz CT molecular complexity index is 492. The van der Waals surface area contributed by atoms with E-state index in [9.17, 15) is 4.39 Å². The van der Waals surface area contributed by atoms with Crippen molar-refractivity contribution in [3.8, 4) is 0 Å². The van der Waals surface area contributed by atoms with Gasteiger partial charge in [0.2, 0.25) is 0 Å². The summed E-state index contributed by atoms with van der Waals surface area (Å²) in [5.74, 6) is 0. The van der Waals surface area contributed by atoms with E-state index in [0.717, 1.165) is 50.9 Å². The Morgan fingerprint density at radius 1 is 0.920 bits per heavy atom. The van der Waals surface area contributed by atoms with Crippen LogP contribution < -0.4 is 5.32 Å². The quantitative estimate of drug-likeness (QED) is 0.761. The smallest absolute Gasteiger partial charge is 0.115 e. The molecule has 1 N–H and O–H groups in total. The van der Waals surface area contributed by atoms with E-state index in [0.29, 0.717) is 0 Å². The minimum Gasteiger partial charge on any atom is -0.313 e. The van der Waals surface area contributed by atoms with E-state index < -0.39 is 0 Å². The minimum atomic E-state index is -0.365. The summed E-state index contributed by atoms with van der Waals surface area (Å²) < 4.78 is 12.8. The second-order valence-corrected chi connectivity index (χ2v) is 7.71. The highest BCUT2D eigenvalue weighted by atomic mass is 19.1. The van der Waals surface area contributed by atoms with Crippen LogP contribution in [0.2, 0.25) is 0 Å². The third kappa shape index (κ3) is 6.36. The number of hydrogen-bond donors (Lipinski definition) is 1. The largest absolute Gasteiger partial charge is 0.313 e. The first kappa shape index (κ1) is 18.8. The lowest BCUT2D eigenvalue weighted by Gasteiger charge is -2.35. The van der Waals surface area contributed by atoms with Gasteiger partial charge in [-0.3, -0.25) is 9.80 Å². The number of nitrogens with zero attached hydrogens (tertiary/aromatic N) is 2. The molecule has 0 atom stereocenters. The lowest BCUT2D eigenvalue weighted by atomic mass is 10.1. The van der Waals surface area contributed by atoms with Gasteiger partial charge in [-0.15, -0.1) is 0 Å². The third-order valence-corrected chi connectivity index (χ3v) is 5.73. The summed E-state index contributed by atoms with van der Waals surface area (Å²) in [5.41, 5.74) is 2.03. The molecule has 1 saturated carbocycles. The average Bonchev–Trinajstić information content (AvgIpc) is 2.92. The zero-order valence-electron chi connectivity index (χ0n) is 15.6. The van der Waals surface area contributed by atoms with Crippen LogP contribution in [0.1, 0.15) is 49.7 Å². The Morgan fingerprint density at radius 3 is 2.32 bits per heavy atom. The van der Waals surface area contributed by atoms with Crippen LogP contribution in [0, 0.1) is 0 Å². The molecule has 1 saturated heterocycles. The first-order valence-corrected chi connectivity index (χ1v) is 10.2. The first-order chi connectivity index (χ1) is 12.3. The Morgan fingerprint density at radius 2 is 1.60 bits per heavy atom. The fourth-order valence-electron chi connectivity index (χ4n) is 4.15. The SMILES string of the molecule is FCc1cccc(CN2CCN(CCNC3CCCCCC3)CC2)c1. The normalized spacial score (nSPS) is 21.3. The van der Waals surface area contributed by atoms with E-state index in [4.69, 9.17) is 0 Å². The molecule has 0 spiro atoms. The van der Waals surface area contributed by atoms with Gasteiger partial charge in [0, 0.05) is 51.9 Å². The number of alkyl halides is 1. The second kappa shape index (κ2) is 10.2. The van der Waals surface area contributed by atoms with Crippen molar-refractivity contribution in [1.82, 2.24) is 15.1 Å². The number of nitrogens with one attached hydrogen (secondary N) is 1. The maximum atomic E-state index is 12.8. The van der Waals surface area contributed by atoms with Crippen LogP contribution in [-0.4, -0.2) is 55.1 Å². The van der Waals surface area contributed by atoms with Gasteiger partial charge < -0.3 is 5.32 Å². The fourth-order valence-corrected chi connectivity index (χ4v) is 4.15. The van der Waals surface area contributed by atoms with Gasteiger partial charge in [-0.25, -0.2) is 4.39 Å². The van der Waals surface area contributed by atoms with Gasteiger partial charge in [0.1, 0.15) is 6.67 Å². The summed E-state index contributed by atoms with van der Waals surface area (Å²) in [7, 11) is 0. The maximum absolute atomic E-state index is 12.8. The monoisotopic (exact) mass is 347 g/mol. The zero-order valence-corrected chi connectivity index (χ0v) is 15.6. The number of halogens is 1. The molecule has 4 heteroatoms. The summed E-state index contributed by atoms with van der Waals surface area (Å²) >= 11 is 0. The van der Waals surface area contributed by atoms with Crippen molar-refractivity contribution in [3.05, 3.63) is 35.4 Å². The highest BCUT2D eigenvalue weighted by Crippen LogP contribution is 2.17. The molecule has 3 nitrogen and oxygen atoms in total. The van der Waals surface area contributed by atoms with Crippen LogP contribution in [0.5, 0.6) is 0 Å². The third-order valence-electron chi connectivity index (χ3n) is 5.73. The molecule has 0 unspecified atom stereocenters. The van der Waals surface area contributed by atoms with Crippen molar-refractivity contribution in [2.75, 3.05) is 39.3 Å². The number of piperazine rings is 1. The van der Waals surface area contributed by atoms with E-state index in [2.05, 4.69) is 21.2 Å². The van der Waals surface area contributed by atoms with Gasteiger partial charge in [-0.2, -0.15) is 0 Å². The van der Waals surface area contributed by atoms with Crippen molar-refractivity contribution < 1.29 is 4.39 Å². The van der Waals surface area contributed by atoms with Crippen molar-refractivity contribution in [1.29, 1.82) is 0 Å². The molecular weight excluding hydrogens is 313 g/mol. The lowest BCUT2D eigenvalue weighted by molar-refractivity contribution is 0.126. The van der Waals surface area contributed by atoms with Crippen LogP contribution in [0.15, 0.2) is 24.3 Å². The van der Waals surface area contributed by atoms with Gasteiger partial charge in [0.15, 0.2) is 0 Å². The van der Waals surface area contributed by atoms with Crippen molar-refractivity contribution in [2.45, 2.75) is 57.8 Å². The summed E-state index contributed by atoms with van der Waals surface area (Å²) in [6, 6.07) is 8.71. The van der Waals surface area contributed by atoms with Crippen molar-refractivity contribution in [3.63, 3.8) is 0 Å². The standard InChI is InChI=1S/C21H34FN3/c22-17-19-6-5-7-20(16-19)18-25-14-12-24(13-15-25)11-10-23-21-8-3-1-2-4-9-21/h5-7,16,21,23H,1-4,8-15,17-18H2. The molecule has 0 bridgehead atoms. The molecule has 0 radical (unpaired) electrons. The van der Waals surface area contributed by atoms with E-state index in [1.54, 1.807) is 0 Å². The molecule has 2 fully saturated rings. The summed E-state index contributed by atoms with van der Waals surface area (Å²) in [6.45, 7) is 7.40. The maximum Gasteiger partial charge on any atom is 0.115 e. The molecule has 25 heavy (non-hydrogen) atoms. The predicted molar refractivity (Wildman–Crippen MR) is 102 cm³/mol. The molecule has 1 aromatic carbocycles. The molecule has 0 aromatic heterocycles. The van der Waals surface area contributed by atoms with Gasteiger partial charge in [0.25, 0.3) is 0 Å². The van der Waals surface area contributed by atoms with E-state index in [1.165, 1.54) is 50.6 Å². The molecule has 1 aromatic rings. The number of benzene rings is 1. The van der Waals surface area contributed by atoms with E-state index in [-0.39, 0.29) is 6.67 Å². The highest BCUT2D eigenvalue weighted by molar-refractivity contribution is 5.22. The minimum absolute atomic E-state index is 0.365. The van der Waals surface area contributed by atoms with Crippen LogP contribution >= 0.6 is 0 Å². The Balaban J connectivity index is 1.32. The Labute approximate surface area is 152 Å².